The van der Waals surface area contributed by atoms with Crippen molar-refractivity contribution in [3.05, 3.63) is 35.4 Å². The molecule has 7 heteroatoms. The Kier molecular flexibility index (Phi) is 7.91. The average Bonchev–Trinajstić information content (AvgIpc) is 2.55. The minimum Gasteiger partial charge on any atom is -0.356 e. The van der Waals surface area contributed by atoms with Gasteiger partial charge in [0.25, 0.3) is 5.91 Å². The van der Waals surface area contributed by atoms with E-state index in [4.69, 9.17) is 0 Å². The van der Waals surface area contributed by atoms with Gasteiger partial charge in [0.05, 0.1) is 6.54 Å². The van der Waals surface area contributed by atoms with Gasteiger partial charge < -0.3 is 21.3 Å². The van der Waals surface area contributed by atoms with Gasteiger partial charge in [0, 0.05) is 31.7 Å². The van der Waals surface area contributed by atoms with Gasteiger partial charge in [-0.15, -0.1) is 0 Å². The zero-order chi connectivity index (χ0) is 18.9. The highest BCUT2D eigenvalue weighted by Crippen LogP contribution is 2.05. The predicted octanol–water partition coefficient (Wildman–Crippen LogP) is 0.668. The lowest BCUT2D eigenvalue weighted by Crippen LogP contribution is -2.48. The maximum atomic E-state index is 11.8. The molecule has 0 aliphatic heterocycles. The third kappa shape index (κ3) is 8.19. The van der Waals surface area contributed by atoms with Crippen molar-refractivity contribution < 1.29 is 9.59 Å². The lowest BCUT2D eigenvalue weighted by molar-refractivity contribution is -0.121. The average molecular weight is 347 g/mol. The summed E-state index contributed by atoms with van der Waals surface area (Å²) in [6.07, 6.45) is 0.736. The topological polar surface area (TPSA) is 94.6 Å². The molecule has 0 bridgehead atoms. The molecular formula is C18H29N5O2. The summed E-state index contributed by atoms with van der Waals surface area (Å²) >= 11 is 0. The number of hydrogen-bond donors (Lipinski definition) is 4. The van der Waals surface area contributed by atoms with Crippen molar-refractivity contribution >= 4 is 17.8 Å². The lowest BCUT2D eigenvalue weighted by Gasteiger charge is -2.21. The maximum absolute atomic E-state index is 11.8. The van der Waals surface area contributed by atoms with Gasteiger partial charge in [-0.3, -0.25) is 14.6 Å². The molecule has 7 nitrogen and oxygen atoms in total. The molecule has 1 aromatic carbocycles. The predicted molar refractivity (Wildman–Crippen MR) is 101 cm³/mol. The van der Waals surface area contributed by atoms with Gasteiger partial charge in [0.15, 0.2) is 5.96 Å². The Morgan fingerprint density at radius 1 is 1.16 bits per heavy atom. The Balaban J connectivity index is 2.43. The van der Waals surface area contributed by atoms with Gasteiger partial charge in [-0.25, -0.2) is 0 Å². The Morgan fingerprint density at radius 2 is 1.88 bits per heavy atom. The third-order valence-corrected chi connectivity index (χ3v) is 3.28. The van der Waals surface area contributed by atoms with Crippen molar-refractivity contribution in [2.75, 3.05) is 27.2 Å². The molecule has 0 saturated carbocycles. The van der Waals surface area contributed by atoms with E-state index in [0.29, 0.717) is 18.1 Å². The van der Waals surface area contributed by atoms with Crippen molar-refractivity contribution in [2.24, 2.45) is 4.99 Å². The molecule has 0 aliphatic rings. The van der Waals surface area contributed by atoms with E-state index in [-0.39, 0.29) is 23.9 Å². The Morgan fingerprint density at radius 3 is 2.48 bits per heavy atom. The van der Waals surface area contributed by atoms with Gasteiger partial charge in [0.1, 0.15) is 0 Å². The lowest BCUT2D eigenvalue weighted by atomic mass is 10.1. The van der Waals surface area contributed by atoms with Crippen molar-refractivity contribution in [1.82, 2.24) is 21.3 Å². The summed E-state index contributed by atoms with van der Waals surface area (Å²) in [6, 6.07) is 7.49. The fourth-order valence-electron chi connectivity index (χ4n) is 2.18. The molecular weight excluding hydrogens is 318 g/mol. The highest BCUT2D eigenvalue weighted by atomic mass is 16.2. The number of benzene rings is 1. The van der Waals surface area contributed by atoms with Crippen LogP contribution in [0.25, 0.3) is 0 Å². The smallest absolute Gasteiger partial charge is 0.251 e. The molecule has 138 valence electrons. The van der Waals surface area contributed by atoms with E-state index in [1.807, 2.05) is 39.0 Å². The van der Waals surface area contributed by atoms with Crippen LogP contribution in [0, 0.1) is 0 Å². The second-order valence-corrected chi connectivity index (χ2v) is 6.68. The number of carbonyl (C=O) groups excluding carboxylic acids is 2. The molecule has 0 saturated heterocycles. The molecule has 0 heterocycles. The van der Waals surface area contributed by atoms with Crippen molar-refractivity contribution in [1.29, 1.82) is 0 Å². The number of amides is 2. The second kappa shape index (κ2) is 9.66. The highest BCUT2D eigenvalue weighted by Gasteiger charge is 2.13. The fraction of sp³-hybridized carbons (Fsp3) is 0.500. The van der Waals surface area contributed by atoms with E-state index < -0.39 is 0 Å². The van der Waals surface area contributed by atoms with Crippen LogP contribution >= 0.6 is 0 Å². The van der Waals surface area contributed by atoms with E-state index in [1.165, 1.54) is 0 Å². The van der Waals surface area contributed by atoms with Crippen LogP contribution in [0.5, 0.6) is 0 Å². The Bertz CT molecular complexity index is 620. The first-order chi connectivity index (χ1) is 11.7. The molecule has 0 radical (unpaired) electrons. The summed E-state index contributed by atoms with van der Waals surface area (Å²) < 4.78 is 0. The quantitative estimate of drug-likeness (QED) is 0.449. The number of guanidine groups is 1. The van der Waals surface area contributed by atoms with Gasteiger partial charge >= 0.3 is 0 Å². The summed E-state index contributed by atoms with van der Waals surface area (Å²) in [7, 11) is 3.27. The van der Waals surface area contributed by atoms with Crippen LogP contribution in [0.1, 0.15) is 36.7 Å². The molecule has 1 rings (SSSR count). The van der Waals surface area contributed by atoms with Crippen molar-refractivity contribution in [2.45, 2.75) is 32.7 Å². The first-order valence-corrected chi connectivity index (χ1v) is 8.31. The molecule has 0 atom stereocenters. The van der Waals surface area contributed by atoms with Crippen LogP contribution in [-0.2, 0) is 11.2 Å². The van der Waals surface area contributed by atoms with Crippen LogP contribution in [0.3, 0.4) is 0 Å². The van der Waals surface area contributed by atoms with E-state index in [9.17, 15) is 9.59 Å². The molecule has 25 heavy (non-hydrogen) atoms. The molecule has 2 amide bonds. The summed E-state index contributed by atoms with van der Waals surface area (Å²) in [4.78, 5) is 27.6. The van der Waals surface area contributed by atoms with Crippen molar-refractivity contribution in [3.8, 4) is 0 Å². The first-order valence-electron chi connectivity index (χ1n) is 8.31. The van der Waals surface area contributed by atoms with E-state index in [2.05, 4.69) is 26.3 Å². The number of nitrogens with one attached hydrogen (secondary N) is 4. The van der Waals surface area contributed by atoms with Gasteiger partial charge in [0.2, 0.25) is 5.91 Å². The fourth-order valence-corrected chi connectivity index (χ4v) is 2.18. The monoisotopic (exact) mass is 347 g/mol. The SMILES string of the molecule is CN=C(NCCc1cccc(C(=O)NC)c1)NCC(=O)NC(C)(C)C. The number of carbonyl (C=O) groups is 2. The minimum absolute atomic E-state index is 0.0891. The van der Waals surface area contributed by atoms with Crippen molar-refractivity contribution in [3.63, 3.8) is 0 Å². The summed E-state index contributed by atoms with van der Waals surface area (Å²) in [5.74, 6) is 0.373. The molecule has 0 aliphatic carbocycles. The Hall–Kier alpha value is -2.57. The molecule has 0 fully saturated rings. The summed E-state index contributed by atoms with van der Waals surface area (Å²) in [5.41, 5.74) is 1.43. The first kappa shape index (κ1) is 20.5. The van der Waals surface area contributed by atoms with Gasteiger partial charge in [-0.05, 0) is 44.9 Å². The van der Waals surface area contributed by atoms with E-state index >= 15 is 0 Å². The maximum Gasteiger partial charge on any atom is 0.251 e. The third-order valence-electron chi connectivity index (χ3n) is 3.28. The van der Waals surface area contributed by atoms with Crippen LogP contribution < -0.4 is 21.3 Å². The summed E-state index contributed by atoms with van der Waals surface area (Å²) in [6.45, 7) is 6.60. The molecule has 0 unspecified atom stereocenters. The van der Waals surface area contributed by atoms with Crippen LogP contribution in [-0.4, -0.2) is 50.5 Å². The number of rotatable bonds is 6. The molecule has 1 aromatic rings. The van der Waals surface area contributed by atoms with Crippen LogP contribution in [0.15, 0.2) is 29.3 Å². The zero-order valence-electron chi connectivity index (χ0n) is 15.7. The van der Waals surface area contributed by atoms with E-state index in [1.54, 1.807) is 20.2 Å². The molecule has 0 aromatic heterocycles. The summed E-state index contributed by atoms with van der Waals surface area (Å²) in [5, 5.41) is 11.6. The largest absolute Gasteiger partial charge is 0.356 e. The van der Waals surface area contributed by atoms with Crippen LogP contribution in [0.4, 0.5) is 0 Å². The number of hydrogen-bond acceptors (Lipinski definition) is 3. The van der Waals surface area contributed by atoms with Crippen LogP contribution in [0.2, 0.25) is 0 Å². The van der Waals surface area contributed by atoms with Gasteiger partial charge in [-0.2, -0.15) is 0 Å². The number of nitrogens with zero attached hydrogens (tertiary/aromatic N) is 1. The zero-order valence-corrected chi connectivity index (χ0v) is 15.7. The minimum atomic E-state index is -0.258. The normalized spacial score (nSPS) is 11.6. The molecule has 4 N–H and O–H groups in total. The standard InChI is InChI=1S/C18H29N5O2/c1-18(2,3)23-15(24)12-22-17(20-5)21-10-9-13-7-6-8-14(11-13)16(25)19-4/h6-8,11H,9-10,12H2,1-5H3,(H,19,25)(H,23,24)(H2,20,21,22). The molecule has 0 spiro atoms. The van der Waals surface area contributed by atoms with E-state index in [0.717, 1.165) is 12.0 Å². The number of aliphatic imine (C=N–C) groups is 1. The van der Waals surface area contributed by atoms with Gasteiger partial charge in [-0.1, -0.05) is 12.1 Å². The highest BCUT2D eigenvalue weighted by molar-refractivity contribution is 5.94. The second-order valence-electron chi connectivity index (χ2n) is 6.68. The Labute approximate surface area is 149 Å².